The monoisotopic (exact) mass is 474 g/mol. The molecule has 8 heteroatoms. The standard InChI is InChI=1S/C26H38N2O6/c1-5-6-13-27-14-9-12-26-21(20-19(34-26)11-8-7-10-17(4)33-25(20)32)23(30)28(22(26)24(27)31)18(15-29)16(2)3/h8-9,11-12,16-22,29H,5-7,10,13-15H2,1-4H3/b11-8-/t17?,18?,19-,20?,21+,22-,26?/m1/s1. The van der Waals surface area contributed by atoms with Crippen molar-refractivity contribution in [1.29, 1.82) is 0 Å². The van der Waals surface area contributed by atoms with Gasteiger partial charge in [-0.1, -0.05) is 51.5 Å². The van der Waals surface area contributed by atoms with Crippen molar-refractivity contribution in [2.45, 2.75) is 83.3 Å². The van der Waals surface area contributed by atoms with Gasteiger partial charge in [-0.05, 0) is 32.1 Å². The van der Waals surface area contributed by atoms with Crippen LogP contribution >= 0.6 is 0 Å². The molecule has 0 aromatic carbocycles. The number of hydrogen-bond acceptors (Lipinski definition) is 6. The van der Waals surface area contributed by atoms with E-state index < -0.39 is 41.6 Å². The van der Waals surface area contributed by atoms with Crippen LogP contribution in [0.3, 0.4) is 0 Å². The van der Waals surface area contributed by atoms with Gasteiger partial charge in [0, 0.05) is 13.1 Å². The van der Waals surface area contributed by atoms with Gasteiger partial charge < -0.3 is 24.4 Å². The molecule has 7 atom stereocenters. The Kier molecular flexibility index (Phi) is 7.20. The van der Waals surface area contributed by atoms with Crippen LogP contribution in [0.25, 0.3) is 0 Å². The summed E-state index contributed by atoms with van der Waals surface area (Å²) in [7, 11) is 0. The number of cyclic esters (lactones) is 1. The maximum absolute atomic E-state index is 14.1. The molecule has 2 fully saturated rings. The van der Waals surface area contributed by atoms with Crippen LogP contribution < -0.4 is 0 Å². The van der Waals surface area contributed by atoms with Gasteiger partial charge in [0.05, 0.1) is 30.8 Å². The van der Waals surface area contributed by atoms with E-state index in [2.05, 4.69) is 6.92 Å². The van der Waals surface area contributed by atoms with E-state index in [-0.39, 0.29) is 30.4 Å². The van der Waals surface area contributed by atoms with Gasteiger partial charge in [0.15, 0.2) is 0 Å². The normalized spacial score (nSPS) is 37.4. The number of fused-ring (bicyclic) bond motifs is 2. The maximum Gasteiger partial charge on any atom is 0.313 e. The Balaban J connectivity index is 1.84. The van der Waals surface area contributed by atoms with Crippen molar-refractivity contribution in [1.82, 2.24) is 9.80 Å². The molecule has 0 aliphatic carbocycles. The van der Waals surface area contributed by atoms with E-state index in [1.54, 1.807) is 4.90 Å². The molecule has 0 bridgehead atoms. The molecule has 0 aromatic heterocycles. The van der Waals surface area contributed by atoms with Crippen molar-refractivity contribution in [3.05, 3.63) is 24.3 Å². The summed E-state index contributed by atoms with van der Waals surface area (Å²) in [5.74, 6) is -2.79. The molecule has 4 heterocycles. The molecule has 2 saturated heterocycles. The minimum atomic E-state index is -1.28. The lowest BCUT2D eigenvalue weighted by atomic mass is 9.78. The molecule has 4 unspecified atom stereocenters. The van der Waals surface area contributed by atoms with Crippen LogP contribution in [0.2, 0.25) is 0 Å². The number of hydrogen-bond donors (Lipinski definition) is 1. The number of aliphatic hydroxyl groups excluding tert-OH is 1. The van der Waals surface area contributed by atoms with E-state index in [0.717, 1.165) is 19.3 Å². The lowest BCUT2D eigenvalue weighted by Gasteiger charge is -2.39. The average molecular weight is 475 g/mol. The largest absolute Gasteiger partial charge is 0.462 e. The number of amides is 2. The predicted octanol–water partition coefficient (Wildman–Crippen LogP) is 2.06. The molecule has 2 amide bonds. The van der Waals surface area contributed by atoms with Crippen LogP contribution in [0.15, 0.2) is 24.3 Å². The van der Waals surface area contributed by atoms with Crippen LogP contribution in [-0.2, 0) is 23.9 Å². The minimum Gasteiger partial charge on any atom is -0.462 e. The van der Waals surface area contributed by atoms with E-state index in [0.29, 0.717) is 19.5 Å². The summed E-state index contributed by atoms with van der Waals surface area (Å²) in [6.45, 7) is 8.49. The topological polar surface area (TPSA) is 96.4 Å². The van der Waals surface area contributed by atoms with Crippen molar-refractivity contribution in [2.24, 2.45) is 17.8 Å². The molecule has 0 aromatic rings. The smallest absolute Gasteiger partial charge is 0.313 e. The molecular weight excluding hydrogens is 436 g/mol. The highest BCUT2D eigenvalue weighted by molar-refractivity contribution is 5.99. The Morgan fingerprint density at radius 3 is 2.65 bits per heavy atom. The molecule has 8 nitrogen and oxygen atoms in total. The molecule has 0 radical (unpaired) electrons. The first-order chi connectivity index (χ1) is 16.3. The van der Waals surface area contributed by atoms with Crippen molar-refractivity contribution in [3.63, 3.8) is 0 Å². The fourth-order valence-electron chi connectivity index (χ4n) is 5.96. The predicted molar refractivity (Wildman–Crippen MR) is 125 cm³/mol. The van der Waals surface area contributed by atoms with E-state index in [1.165, 1.54) is 4.90 Å². The fraction of sp³-hybridized carbons (Fsp3) is 0.731. The number of unbranched alkanes of at least 4 members (excludes halogenated alkanes) is 1. The highest BCUT2D eigenvalue weighted by atomic mass is 16.6. The molecule has 1 N–H and O–H groups in total. The summed E-state index contributed by atoms with van der Waals surface area (Å²) in [6.07, 6.45) is 9.87. The van der Waals surface area contributed by atoms with Crippen molar-refractivity contribution < 1.29 is 29.0 Å². The van der Waals surface area contributed by atoms with E-state index in [9.17, 15) is 19.5 Å². The van der Waals surface area contributed by atoms with Gasteiger partial charge in [-0.3, -0.25) is 14.4 Å². The first kappa shape index (κ1) is 24.9. The van der Waals surface area contributed by atoms with E-state index in [4.69, 9.17) is 9.47 Å². The zero-order chi connectivity index (χ0) is 24.6. The lowest BCUT2D eigenvalue weighted by molar-refractivity contribution is -0.160. The molecule has 4 aliphatic heterocycles. The molecule has 4 aliphatic rings. The number of allylic oxidation sites excluding steroid dienone is 1. The number of esters is 1. The van der Waals surface area contributed by atoms with Gasteiger partial charge in [-0.2, -0.15) is 0 Å². The fourth-order valence-corrected chi connectivity index (χ4v) is 5.96. The Bertz CT molecular complexity index is 869. The molecule has 4 rings (SSSR count). The number of ether oxygens (including phenoxy) is 2. The Hall–Kier alpha value is -2.19. The summed E-state index contributed by atoms with van der Waals surface area (Å²) < 4.78 is 12.3. The number of likely N-dealkylation sites (tertiary alicyclic amines) is 1. The third-order valence-corrected chi connectivity index (χ3v) is 7.77. The third kappa shape index (κ3) is 3.98. The molecular formula is C26H38N2O6. The second kappa shape index (κ2) is 9.82. The molecule has 34 heavy (non-hydrogen) atoms. The third-order valence-electron chi connectivity index (χ3n) is 7.77. The van der Waals surface area contributed by atoms with E-state index in [1.807, 2.05) is 45.1 Å². The number of aliphatic hydroxyl groups is 1. The maximum atomic E-state index is 14.1. The molecule has 1 spiro atoms. The van der Waals surface area contributed by atoms with Gasteiger partial charge >= 0.3 is 5.97 Å². The first-order valence-corrected chi connectivity index (χ1v) is 12.7. The minimum absolute atomic E-state index is 0.0860. The Morgan fingerprint density at radius 2 is 1.97 bits per heavy atom. The molecule has 0 saturated carbocycles. The second-order valence-electron chi connectivity index (χ2n) is 10.4. The van der Waals surface area contributed by atoms with E-state index >= 15 is 0 Å². The number of rotatable bonds is 6. The second-order valence-corrected chi connectivity index (χ2v) is 10.4. The summed E-state index contributed by atoms with van der Waals surface area (Å²) in [6, 6.07) is -1.50. The SMILES string of the molecule is CCCCN1CC=CC23O[C@@H]4/C=C\CCC(C)OC(=O)C4[C@H]2C(=O)N(C(CO)C(C)C)[C@@H]3C1=O. The van der Waals surface area contributed by atoms with Gasteiger partial charge in [0.2, 0.25) is 11.8 Å². The Morgan fingerprint density at radius 1 is 1.21 bits per heavy atom. The highest BCUT2D eigenvalue weighted by Gasteiger charge is 2.72. The van der Waals surface area contributed by atoms with Gasteiger partial charge in [0.25, 0.3) is 0 Å². The van der Waals surface area contributed by atoms with Gasteiger partial charge in [-0.15, -0.1) is 0 Å². The zero-order valence-corrected chi connectivity index (χ0v) is 20.7. The summed E-state index contributed by atoms with van der Waals surface area (Å²) in [5, 5.41) is 10.2. The van der Waals surface area contributed by atoms with Crippen molar-refractivity contribution in [2.75, 3.05) is 19.7 Å². The van der Waals surface area contributed by atoms with Crippen molar-refractivity contribution >= 4 is 17.8 Å². The van der Waals surface area contributed by atoms with Gasteiger partial charge in [0.1, 0.15) is 17.6 Å². The Labute approximate surface area is 201 Å². The van der Waals surface area contributed by atoms with Crippen molar-refractivity contribution in [3.8, 4) is 0 Å². The average Bonchev–Trinajstić information content (AvgIpc) is 3.19. The highest BCUT2D eigenvalue weighted by Crippen LogP contribution is 2.54. The summed E-state index contributed by atoms with van der Waals surface area (Å²) in [4.78, 5) is 44.7. The first-order valence-electron chi connectivity index (χ1n) is 12.7. The summed E-state index contributed by atoms with van der Waals surface area (Å²) >= 11 is 0. The van der Waals surface area contributed by atoms with Crippen LogP contribution in [0.4, 0.5) is 0 Å². The van der Waals surface area contributed by atoms with Crippen LogP contribution in [0.1, 0.15) is 53.4 Å². The van der Waals surface area contributed by atoms with Crippen LogP contribution in [-0.4, -0.2) is 82.3 Å². The number of carbonyl (C=O) groups excluding carboxylic acids is 3. The summed E-state index contributed by atoms with van der Waals surface area (Å²) in [5.41, 5.74) is -1.28. The quantitative estimate of drug-likeness (QED) is 0.468. The van der Waals surface area contributed by atoms with Crippen LogP contribution in [0.5, 0.6) is 0 Å². The number of nitrogens with zero attached hydrogens (tertiary/aromatic N) is 2. The zero-order valence-electron chi connectivity index (χ0n) is 20.7. The lowest BCUT2D eigenvalue weighted by Crippen LogP contribution is -2.59. The number of carbonyl (C=O) groups is 3. The molecule has 188 valence electrons. The van der Waals surface area contributed by atoms with Crippen LogP contribution in [0, 0.1) is 17.8 Å². The van der Waals surface area contributed by atoms with Gasteiger partial charge in [-0.25, -0.2) is 0 Å².